The van der Waals surface area contributed by atoms with Gasteiger partial charge in [-0.1, -0.05) is 218 Å². The van der Waals surface area contributed by atoms with Crippen molar-refractivity contribution < 1.29 is 0 Å². The van der Waals surface area contributed by atoms with Crippen molar-refractivity contribution in [2.24, 2.45) is 0 Å². The summed E-state index contributed by atoms with van der Waals surface area (Å²) in [6, 6.07) is 98.2. The van der Waals surface area contributed by atoms with Gasteiger partial charge in [-0.05, 0) is 104 Å². The number of rotatable bonds is 8. The Balaban J connectivity index is 1.14. The monoisotopic (exact) mass is 852 g/mol. The van der Waals surface area contributed by atoms with Crippen LogP contribution in [0.1, 0.15) is 22.3 Å². The van der Waals surface area contributed by atoms with Crippen molar-refractivity contribution in [2.75, 3.05) is 4.90 Å². The minimum Gasteiger partial charge on any atom is -0.309 e. The maximum Gasteiger partial charge on any atom is 0.0714 e. The molecule has 0 N–H and O–H groups in total. The summed E-state index contributed by atoms with van der Waals surface area (Å²) in [5.74, 6) is 0. The zero-order valence-corrected chi connectivity index (χ0v) is 36.8. The molecule has 11 aromatic carbocycles. The minimum absolute atomic E-state index is 0.553. The number of para-hydroxylation sites is 3. The minimum atomic E-state index is -0.553. The van der Waals surface area contributed by atoms with Crippen LogP contribution in [0.15, 0.2) is 267 Å². The smallest absolute Gasteiger partial charge is 0.0714 e. The fraction of sp³-hybridized carbons (Fsp3) is 0.0154. The molecule has 67 heavy (non-hydrogen) atoms. The van der Waals surface area contributed by atoms with Crippen LogP contribution in [0, 0.1) is 0 Å². The Morgan fingerprint density at radius 1 is 0.343 bits per heavy atom. The van der Waals surface area contributed by atoms with Crippen LogP contribution in [0.3, 0.4) is 0 Å². The van der Waals surface area contributed by atoms with Crippen LogP contribution in [-0.4, -0.2) is 4.57 Å². The summed E-state index contributed by atoms with van der Waals surface area (Å²) >= 11 is 0. The Morgan fingerprint density at radius 3 is 1.63 bits per heavy atom. The lowest BCUT2D eigenvalue weighted by Crippen LogP contribution is -2.28. The molecule has 0 aliphatic heterocycles. The molecule has 0 fully saturated rings. The highest BCUT2D eigenvalue weighted by atomic mass is 15.1. The molecule has 2 heteroatoms. The van der Waals surface area contributed by atoms with Crippen molar-refractivity contribution in [3.8, 4) is 39.1 Å². The molecule has 314 valence electrons. The van der Waals surface area contributed by atoms with E-state index in [-0.39, 0.29) is 0 Å². The van der Waals surface area contributed by atoms with Crippen LogP contribution in [0.25, 0.3) is 71.6 Å². The Bertz CT molecular complexity index is 3750. The lowest BCUT2D eigenvalue weighted by Gasteiger charge is -2.34. The van der Waals surface area contributed by atoms with E-state index in [1.165, 1.54) is 82.6 Å². The highest BCUT2D eigenvalue weighted by Gasteiger charge is 2.47. The molecule has 0 unspecified atom stereocenters. The van der Waals surface area contributed by atoms with E-state index in [1.54, 1.807) is 0 Å². The van der Waals surface area contributed by atoms with E-state index in [2.05, 4.69) is 276 Å². The molecule has 0 radical (unpaired) electrons. The number of fused-ring (bicyclic) bond motifs is 7. The molecule has 0 atom stereocenters. The molecular formula is C65H44N2. The first-order chi connectivity index (χ1) is 33.3. The topological polar surface area (TPSA) is 8.17 Å². The van der Waals surface area contributed by atoms with Gasteiger partial charge in [0, 0.05) is 33.3 Å². The van der Waals surface area contributed by atoms with Gasteiger partial charge >= 0.3 is 0 Å². The van der Waals surface area contributed by atoms with Gasteiger partial charge in [-0.3, -0.25) is 0 Å². The van der Waals surface area contributed by atoms with Gasteiger partial charge in [-0.2, -0.15) is 0 Å². The number of hydrogen-bond donors (Lipinski definition) is 0. The maximum atomic E-state index is 2.55. The second kappa shape index (κ2) is 15.8. The van der Waals surface area contributed by atoms with E-state index in [1.807, 2.05) is 0 Å². The van der Waals surface area contributed by atoms with Crippen LogP contribution in [0.2, 0.25) is 0 Å². The highest BCUT2D eigenvalue weighted by Crippen LogP contribution is 2.60. The van der Waals surface area contributed by atoms with Crippen molar-refractivity contribution in [1.82, 2.24) is 4.57 Å². The van der Waals surface area contributed by atoms with E-state index in [4.69, 9.17) is 0 Å². The molecule has 0 bridgehead atoms. The summed E-state index contributed by atoms with van der Waals surface area (Å²) in [6.45, 7) is 0. The fourth-order valence-electron chi connectivity index (χ4n) is 11.3. The SMILES string of the molecule is c1ccc(-c2cccc3cccc(-c4ccccc4N(c4ccc5c(c4)c4ccccc4n5-c4ccccc4)c4cccc5c4-c4ccccc4C5(c4ccccc4)c4ccccc4)c23)cc1. The summed E-state index contributed by atoms with van der Waals surface area (Å²) < 4.78 is 2.40. The molecule has 0 spiro atoms. The van der Waals surface area contributed by atoms with E-state index in [0.29, 0.717) is 0 Å². The van der Waals surface area contributed by atoms with Gasteiger partial charge in [0.1, 0.15) is 0 Å². The van der Waals surface area contributed by atoms with Gasteiger partial charge in [-0.25, -0.2) is 0 Å². The van der Waals surface area contributed by atoms with Crippen molar-refractivity contribution in [3.63, 3.8) is 0 Å². The third-order valence-corrected chi connectivity index (χ3v) is 14.1. The largest absolute Gasteiger partial charge is 0.309 e. The lowest BCUT2D eigenvalue weighted by molar-refractivity contribution is 0.768. The first kappa shape index (κ1) is 38.7. The van der Waals surface area contributed by atoms with Gasteiger partial charge in [0.2, 0.25) is 0 Å². The summed E-state index contributed by atoms with van der Waals surface area (Å²) in [5.41, 5.74) is 18.5. The second-order valence-electron chi connectivity index (χ2n) is 17.5. The number of hydrogen-bond acceptors (Lipinski definition) is 1. The van der Waals surface area contributed by atoms with Gasteiger partial charge < -0.3 is 9.47 Å². The predicted octanol–water partition coefficient (Wildman–Crippen LogP) is 17.1. The molecule has 13 rings (SSSR count). The Labute approximate surface area is 390 Å². The van der Waals surface area contributed by atoms with E-state index in [9.17, 15) is 0 Å². The lowest BCUT2D eigenvalue weighted by atomic mass is 9.68. The molecule has 1 aromatic heterocycles. The summed E-state index contributed by atoms with van der Waals surface area (Å²) in [7, 11) is 0. The van der Waals surface area contributed by atoms with Crippen LogP contribution in [0.5, 0.6) is 0 Å². The van der Waals surface area contributed by atoms with Crippen molar-refractivity contribution >= 4 is 49.6 Å². The van der Waals surface area contributed by atoms with Gasteiger partial charge in [0.25, 0.3) is 0 Å². The van der Waals surface area contributed by atoms with Crippen LogP contribution in [0.4, 0.5) is 17.1 Å². The first-order valence-electron chi connectivity index (χ1n) is 23.2. The third kappa shape index (κ3) is 5.97. The third-order valence-electron chi connectivity index (χ3n) is 14.1. The number of anilines is 3. The Hall–Kier alpha value is -8.72. The van der Waals surface area contributed by atoms with Gasteiger partial charge in [0.15, 0.2) is 0 Å². The Kier molecular flexibility index (Phi) is 9.11. The van der Waals surface area contributed by atoms with Crippen molar-refractivity contribution in [3.05, 3.63) is 289 Å². The van der Waals surface area contributed by atoms with Crippen molar-refractivity contribution in [1.29, 1.82) is 0 Å². The molecule has 12 aromatic rings. The summed E-state index contributed by atoms with van der Waals surface area (Å²) in [5, 5.41) is 4.86. The highest BCUT2D eigenvalue weighted by molar-refractivity contribution is 6.13. The fourth-order valence-corrected chi connectivity index (χ4v) is 11.3. The second-order valence-corrected chi connectivity index (χ2v) is 17.5. The van der Waals surface area contributed by atoms with E-state index < -0.39 is 5.41 Å². The first-order valence-corrected chi connectivity index (χ1v) is 23.2. The molecule has 1 aliphatic rings. The Morgan fingerprint density at radius 2 is 0.881 bits per heavy atom. The van der Waals surface area contributed by atoms with Crippen LogP contribution < -0.4 is 4.90 Å². The van der Waals surface area contributed by atoms with Gasteiger partial charge in [-0.15, -0.1) is 0 Å². The molecular weight excluding hydrogens is 809 g/mol. The van der Waals surface area contributed by atoms with Crippen LogP contribution in [-0.2, 0) is 5.41 Å². The number of nitrogens with zero attached hydrogens (tertiary/aromatic N) is 2. The average Bonchev–Trinajstić information content (AvgIpc) is 3.90. The maximum absolute atomic E-state index is 2.55. The standard InChI is InChI=1S/C65H44N2/c1-5-22-45(23-6-1)51-35-19-24-46-25-20-36-54(63(46)51)52-32-14-17-39-59(52)67(50-42-43-61-56(44-50)53-33-15-18-40-60(53)66(61)49-30-11-4-12-31-49)62-41-21-38-58-64(62)55-34-13-16-37-57(55)65(58,47-26-7-2-8-27-47)48-28-9-3-10-29-48/h1-44H. The van der Waals surface area contributed by atoms with Gasteiger partial charge in [0.05, 0.1) is 27.8 Å². The molecule has 1 aliphatic carbocycles. The number of benzene rings is 11. The normalized spacial score (nSPS) is 12.6. The predicted molar refractivity (Wildman–Crippen MR) is 281 cm³/mol. The molecule has 1 heterocycles. The zero-order valence-electron chi connectivity index (χ0n) is 36.8. The quantitative estimate of drug-likeness (QED) is 0.148. The molecule has 0 saturated carbocycles. The van der Waals surface area contributed by atoms with Crippen LogP contribution >= 0.6 is 0 Å². The average molecular weight is 853 g/mol. The zero-order chi connectivity index (χ0) is 44.3. The molecule has 0 amide bonds. The van der Waals surface area contributed by atoms with Crippen molar-refractivity contribution in [2.45, 2.75) is 5.41 Å². The summed E-state index contributed by atoms with van der Waals surface area (Å²) in [6.07, 6.45) is 0. The van der Waals surface area contributed by atoms with E-state index >= 15 is 0 Å². The number of aromatic nitrogens is 1. The summed E-state index contributed by atoms with van der Waals surface area (Å²) in [4.78, 5) is 2.55. The molecule has 2 nitrogen and oxygen atoms in total. The molecule has 0 saturated heterocycles. The van der Waals surface area contributed by atoms with E-state index in [0.717, 1.165) is 28.3 Å².